The highest BCUT2D eigenvalue weighted by Gasteiger charge is 2.25. The predicted molar refractivity (Wildman–Crippen MR) is 93.0 cm³/mol. The highest BCUT2D eigenvalue weighted by Crippen LogP contribution is 2.32. The zero-order valence-electron chi connectivity index (χ0n) is 14.1. The number of nitrogens with one attached hydrogen (secondary N) is 2. The normalized spacial score (nSPS) is 16.4. The fourth-order valence-corrected chi connectivity index (χ4v) is 3.77. The molecule has 1 aromatic heterocycles. The minimum absolute atomic E-state index is 0.000498. The molecule has 1 aromatic carbocycles. The maximum atomic E-state index is 13.9. The lowest BCUT2D eigenvalue weighted by Gasteiger charge is -2.28. The maximum Gasteiger partial charge on any atom is 0.317 e. The minimum atomic E-state index is -0.561. The van der Waals surface area contributed by atoms with Gasteiger partial charge < -0.3 is 19.8 Å². The Morgan fingerprint density at radius 1 is 1.48 bits per heavy atom. The summed E-state index contributed by atoms with van der Waals surface area (Å²) in [5.74, 6) is -1.04. The average Bonchev–Trinajstić information content (AvgIpc) is 2.93. The van der Waals surface area contributed by atoms with Gasteiger partial charge in [0.2, 0.25) is 0 Å². The Morgan fingerprint density at radius 2 is 2.24 bits per heavy atom. The highest BCUT2D eigenvalue weighted by molar-refractivity contribution is 7.71. The molecule has 1 aliphatic carbocycles. The number of carbonyl (C=O) groups is 1. The van der Waals surface area contributed by atoms with Crippen molar-refractivity contribution < 1.29 is 13.6 Å². The first-order valence-electron chi connectivity index (χ1n) is 8.09. The standard InChI is InChI=1S/C17H20F2N4OS/c1-20-16(24)22(2)9-13-8-21-17(25)23(13)12-3-4-14-10(6-12)5-11(18)7-15(14)19/h5,7-8,12H,3-4,6,9H2,1-2H3,(H,20,24)(H,21,25)/t12-/m0/s1. The molecule has 0 bridgehead atoms. The molecule has 2 amide bonds. The van der Waals surface area contributed by atoms with Gasteiger partial charge in [-0.25, -0.2) is 13.6 Å². The topological polar surface area (TPSA) is 53.1 Å². The van der Waals surface area contributed by atoms with Gasteiger partial charge in [-0.05, 0) is 48.7 Å². The number of urea groups is 1. The van der Waals surface area contributed by atoms with Crippen molar-refractivity contribution in [2.24, 2.45) is 0 Å². The summed E-state index contributed by atoms with van der Waals surface area (Å²) in [5, 5.41) is 2.57. The van der Waals surface area contributed by atoms with Gasteiger partial charge in [0.15, 0.2) is 4.77 Å². The van der Waals surface area contributed by atoms with Gasteiger partial charge in [-0.15, -0.1) is 0 Å². The first kappa shape index (κ1) is 17.6. The lowest BCUT2D eigenvalue weighted by molar-refractivity contribution is 0.207. The number of fused-ring (bicyclic) bond motifs is 1. The van der Waals surface area contributed by atoms with E-state index in [0.717, 1.165) is 11.8 Å². The molecule has 2 aromatic rings. The number of imidazole rings is 1. The van der Waals surface area contributed by atoms with E-state index in [1.54, 1.807) is 25.2 Å². The van der Waals surface area contributed by atoms with E-state index in [2.05, 4.69) is 10.3 Å². The molecule has 1 aliphatic rings. The van der Waals surface area contributed by atoms with Crippen molar-refractivity contribution >= 4 is 18.2 Å². The van der Waals surface area contributed by atoms with E-state index in [-0.39, 0.29) is 12.1 Å². The van der Waals surface area contributed by atoms with Crippen molar-refractivity contribution in [3.63, 3.8) is 0 Å². The number of carbonyl (C=O) groups excluding carboxylic acids is 1. The van der Waals surface area contributed by atoms with E-state index in [1.807, 2.05) is 4.57 Å². The Morgan fingerprint density at radius 3 is 2.96 bits per heavy atom. The molecule has 0 saturated heterocycles. The quantitative estimate of drug-likeness (QED) is 0.819. The maximum absolute atomic E-state index is 13.9. The average molecular weight is 366 g/mol. The summed E-state index contributed by atoms with van der Waals surface area (Å²) in [6.45, 7) is 0.383. The van der Waals surface area contributed by atoms with Crippen LogP contribution in [-0.4, -0.2) is 34.6 Å². The largest absolute Gasteiger partial charge is 0.341 e. The smallest absolute Gasteiger partial charge is 0.317 e. The molecule has 0 radical (unpaired) electrons. The SMILES string of the molecule is CNC(=O)N(C)Cc1c[nH]c(=S)n1[C@H]1CCc2c(F)cc(F)cc2C1. The molecule has 0 unspecified atom stereocenters. The van der Waals surface area contributed by atoms with Crippen molar-refractivity contribution in [3.05, 3.63) is 51.6 Å². The molecule has 3 rings (SSSR count). The van der Waals surface area contributed by atoms with E-state index < -0.39 is 11.6 Å². The number of amides is 2. The Hall–Kier alpha value is -2.22. The van der Waals surface area contributed by atoms with Crippen LogP contribution < -0.4 is 5.32 Å². The van der Waals surface area contributed by atoms with Crippen LogP contribution in [0.1, 0.15) is 29.3 Å². The molecule has 134 valence electrons. The van der Waals surface area contributed by atoms with E-state index in [1.165, 1.54) is 6.07 Å². The number of nitrogens with zero attached hydrogens (tertiary/aromatic N) is 2. The van der Waals surface area contributed by atoms with E-state index >= 15 is 0 Å². The van der Waals surface area contributed by atoms with Crippen molar-refractivity contribution in [2.45, 2.75) is 31.8 Å². The van der Waals surface area contributed by atoms with Gasteiger partial charge in [0.25, 0.3) is 0 Å². The van der Waals surface area contributed by atoms with Crippen LogP contribution in [0, 0.1) is 16.4 Å². The summed E-state index contributed by atoms with van der Waals surface area (Å²) in [4.78, 5) is 16.3. The second-order valence-electron chi connectivity index (χ2n) is 6.29. The minimum Gasteiger partial charge on any atom is -0.341 e. The summed E-state index contributed by atoms with van der Waals surface area (Å²) in [5.41, 5.74) is 2.13. The van der Waals surface area contributed by atoms with Crippen molar-refractivity contribution in [1.82, 2.24) is 19.8 Å². The Balaban J connectivity index is 1.89. The monoisotopic (exact) mass is 366 g/mol. The lowest BCUT2D eigenvalue weighted by atomic mass is 9.87. The van der Waals surface area contributed by atoms with Crippen LogP contribution in [0.4, 0.5) is 13.6 Å². The van der Waals surface area contributed by atoms with Crippen molar-refractivity contribution in [3.8, 4) is 0 Å². The molecule has 8 heteroatoms. The molecule has 2 N–H and O–H groups in total. The van der Waals surface area contributed by atoms with Gasteiger partial charge in [0.1, 0.15) is 11.6 Å². The highest BCUT2D eigenvalue weighted by atomic mass is 32.1. The zero-order chi connectivity index (χ0) is 18.1. The Kier molecular flexibility index (Phi) is 4.89. The van der Waals surface area contributed by atoms with Gasteiger partial charge in [-0.2, -0.15) is 0 Å². The fourth-order valence-electron chi connectivity index (χ4n) is 3.45. The van der Waals surface area contributed by atoms with E-state index in [0.29, 0.717) is 41.7 Å². The first-order valence-corrected chi connectivity index (χ1v) is 8.50. The number of aromatic nitrogens is 2. The summed E-state index contributed by atoms with van der Waals surface area (Å²) in [6.07, 6.45) is 3.53. The third kappa shape index (κ3) is 3.44. The lowest BCUT2D eigenvalue weighted by Crippen LogP contribution is -2.35. The van der Waals surface area contributed by atoms with Crippen LogP contribution in [0.15, 0.2) is 18.3 Å². The summed E-state index contributed by atoms with van der Waals surface area (Å²) >= 11 is 5.39. The molecule has 0 saturated carbocycles. The van der Waals surface area contributed by atoms with E-state index in [4.69, 9.17) is 12.2 Å². The molecule has 0 spiro atoms. The Labute approximate surface area is 149 Å². The number of halogens is 2. The molecule has 25 heavy (non-hydrogen) atoms. The fraction of sp³-hybridized carbons (Fsp3) is 0.412. The van der Waals surface area contributed by atoms with E-state index in [9.17, 15) is 13.6 Å². The summed E-state index contributed by atoms with van der Waals surface area (Å²) < 4.78 is 30.0. The molecule has 5 nitrogen and oxygen atoms in total. The zero-order valence-corrected chi connectivity index (χ0v) is 14.9. The Bertz CT molecular complexity index is 861. The van der Waals surface area contributed by atoms with Gasteiger partial charge in [-0.3, -0.25) is 0 Å². The first-order chi connectivity index (χ1) is 11.9. The van der Waals surface area contributed by atoms with Gasteiger partial charge in [-0.1, -0.05) is 0 Å². The number of H-pyrrole nitrogens is 1. The van der Waals surface area contributed by atoms with Gasteiger partial charge in [0, 0.05) is 32.4 Å². The van der Waals surface area contributed by atoms with Crippen LogP contribution in [0.25, 0.3) is 0 Å². The van der Waals surface area contributed by atoms with Crippen LogP contribution >= 0.6 is 12.2 Å². The number of rotatable bonds is 3. The molecule has 1 atom stereocenters. The third-order valence-electron chi connectivity index (χ3n) is 4.65. The van der Waals surface area contributed by atoms with Crippen LogP contribution in [0.3, 0.4) is 0 Å². The molecule has 1 heterocycles. The van der Waals surface area contributed by atoms with Crippen molar-refractivity contribution in [1.29, 1.82) is 0 Å². The molecule has 0 fully saturated rings. The van der Waals surface area contributed by atoms with Gasteiger partial charge in [0.05, 0.1) is 12.2 Å². The molecular weight excluding hydrogens is 346 g/mol. The predicted octanol–water partition coefficient (Wildman–Crippen LogP) is 3.33. The van der Waals surface area contributed by atoms with Crippen LogP contribution in [0.5, 0.6) is 0 Å². The van der Waals surface area contributed by atoms with Crippen molar-refractivity contribution in [2.75, 3.05) is 14.1 Å². The second-order valence-corrected chi connectivity index (χ2v) is 6.67. The van der Waals surface area contributed by atoms with Crippen LogP contribution in [-0.2, 0) is 19.4 Å². The number of hydrogen-bond donors (Lipinski definition) is 2. The second kappa shape index (κ2) is 6.95. The van der Waals surface area contributed by atoms with Crippen LogP contribution in [0.2, 0.25) is 0 Å². The molecule has 0 aliphatic heterocycles. The molecular formula is C17H20F2N4OS. The number of aromatic amines is 1. The third-order valence-corrected chi connectivity index (χ3v) is 4.97. The van der Waals surface area contributed by atoms with Gasteiger partial charge >= 0.3 is 6.03 Å². The number of benzene rings is 1. The summed E-state index contributed by atoms with van der Waals surface area (Å²) in [7, 11) is 3.27. The number of hydrogen-bond acceptors (Lipinski definition) is 2. The summed E-state index contributed by atoms with van der Waals surface area (Å²) in [6, 6.07) is 2.14.